The molecule has 0 N–H and O–H groups in total. The van der Waals surface area contributed by atoms with Crippen LogP contribution in [-0.4, -0.2) is 9.13 Å². The van der Waals surface area contributed by atoms with E-state index < -0.39 is 0 Å². The number of anilines is 3. The van der Waals surface area contributed by atoms with E-state index in [1.54, 1.807) is 0 Å². The Morgan fingerprint density at radius 1 is 0.309 bits per heavy atom. The summed E-state index contributed by atoms with van der Waals surface area (Å²) in [5, 5.41) is 7.33. The van der Waals surface area contributed by atoms with Crippen molar-refractivity contribution in [2.45, 2.75) is 0 Å². The van der Waals surface area contributed by atoms with Crippen molar-refractivity contribution >= 4 is 71.4 Å². The minimum atomic E-state index is 1.10. The standard InChI is InChI=1S/C52H35N3/c1-3-14-36(15-4-1)38-26-29-41(30-27-38)54-48-23-12-10-21-46(48)52-49(24-13-25-50(52)54)53(42-31-28-37-16-7-8-17-39(37)34-42)43-32-33-45-44-20-9-11-22-47(44)55(51(45)35-43)40-18-5-2-6-19-40/h1-35H. The first-order valence-electron chi connectivity index (χ1n) is 18.9. The van der Waals surface area contributed by atoms with Crippen molar-refractivity contribution in [3.63, 3.8) is 0 Å². The van der Waals surface area contributed by atoms with Gasteiger partial charge in [0.15, 0.2) is 0 Å². The lowest BCUT2D eigenvalue weighted by molar-refractivity contribution is 1.18. The minimum Gasteiger partial charge on any atom is -0.310 e. The molecule has 11 aromatic rings. The van der Waals surface area contributed by atoms with Crippen molar-refractivity contribution in [2.75, 3.05) is 4.90 Å². The molecule has 3 heteroatoms. The summed E-state index contributed by atoms with van der Waals surface area (Å²) in [6.07, 6.45) is 0. The molecule has 2 heterocycles. The molecule has 0 bridgehead atoms. The molecule has 0 amide bonds. The van der Waals surface area contributed by atoms with Gasteiger partial charge in [0.1, 0.15) is 0 Å². The van der Waals surface area contributed by atoms with E-state index in [4.69, 9.17) is 0 Å². The van der Waals surface area contributed by atoms with Gasteiger partial charge in [-0.1, -0.05) is 140 Å². The van der Waals surface area contributed by atoms with Crippen LogP contribution >= 0.6 is 0 Å². The Bertz CT molecular complexity index is 3190. The van der Waals surface area contributed by atoms with Gasteiger partial charge in [-0.2, -0.15) is 0 Å². The number of fused-ring (bicyclic) bond motifs is 7. The Morgan fingerprint density at radius 2 is 0.855 bits per heavy atom. The summed E-state index contributed by atoms with van der Waals surface area (Å²) in [5.41, 5.74) is 12.7. The van der Waals surface area contributed by atoms with Gasteiger partial charge in [-0.15, -0.1) is 0 Å². The maximum atomic E-state index is 2.45. The van der Waals surface area contributed by atoms with Gasteiger partial charge in [0.25, 0.3) is 0 Å². The van der Waals surface area contributed by atoms with Gasteiger partial charge >= 0.3 is 0 Å². The molecule has 0 atom stereocenters. The molecule has 0 aliphatic heterocycles. The third-order valence-electron chi connectivity index (χ3n) is 11.1. The monoisotopic (exact) mass is 701 g/mol. The van der Waals surface area contributed by atoms with Gasteiger partial charge in [-0.05, 0) is 94.7 Å². The van der Waals surface area contributed by atoms with Gasteiger partial charge in [0.2, 0.25) is 0 Å². The highest BCUT2D eigenvalue weighted by Gasteiger charge is 2.23. The van der Waals surface area contributed by atoms with Gasteiger partial charge in [-0.25, -0.2) is 0 Å². The van der Waals surface area contributed by atoms with Crippen molar-refractivity contribution in [2.24, 2.45) is 0 Å². The zero-order valence-corrected chi connectivity index (χ0v) is 30.0. The molecule has 0 saturated heterocycles. The largest absolute Gasteiger partial charge is 0.310 e. The number of nitrogens with zero attached hydrogens (tertiary/aromatic N) is 3. The topological polar surface area (TPSA) is 13.1 Å². The van der Waals surface area contributed by atoms with Crippen LogP contribution in [0, 0.1) is 0 Å². The molecule has 0 aliphatic rings. The van der Waals surface area contributed by atoms with Crippen molar-refractivity contribution in [1.29, 1.82) is 0 Å². The van der Waals surface area contributed by atoms with Crippen LogP contribution in [0.5, 0.6) is 0 Å². The van der Waals surface area contributed by atoms with E-state index in [2.05, 4.69) is 226 Å². The summed E-state index contributed by atoms with van der Waals surface area (Å²) in [4.78, 5) is 2.45. The molecule has 258 valence electrons. The van der Waals surface area contributed by atoms with Gasteiger partial charge < -0.3 is 14.0 Å². The molecular weight excluding hydrogens is 667 g/mol. The third-order valence-corrected chi connectivity index (χ3v) is 11.1. The summed E-state index contributed by atoms with van der Waals surface area (Å²) in [6.45, 7) is 0. The van der Waals surface area contributed by atoms with Crippen molar-refractivity contribution in [3.8, 4) is 22.5 Å². The number of hydrogen-bond acceptors (Lipinski definition) is 1. The van der Waals surface area contributed by atoms with Crippen molar-refractivity contribution in [3.05, 3.63) is 212 Å². The van der Waals surface area contributed by atoms with Crippen LogP contribution in [0.2, 0.25) is 0 Å². The lowest BCUT2D eigenvalue weighted by Gasteiger charge is -2.27. The van der Waals surface area contributed by atoms with Gasteiger partial charge in [0, 0.05) is 44.3 Å². The van der Waals surface area contributed by atoms with Crippen LogP contribution in [0.4, 0.5) is 17.1 Å². The Balaban J connectivity index is 1.18. The second-order valence-electron chi connectivity index (χ2n) is 14.2. The molecule has 0 radical (unpaired) electrons. The van der Waals surface area contributed by atoms with Crippen LogP contribution in [0.25, 0.3) is 76.9 Å². The Hall–Kier alpha value is -7.36. The lowest BCUT2D eigenvalue weighted by Crippen LogP contribution is -2.10. The first-order valence-corrected chi connectivity index (χ1v) is 18.9. The number of aromatic nitrogens is 2. The second kappa shape index (κ2) is 12.6. The first kappa shape index (κ1) is 31.2. The van der Waals surface area contributed by atoms with E-state index in [0.717, 1.165) is 34.0 Å². The number of para-hydroxylation sites is 3. The number of hydrogen-bond donors (Lipinski definition) is 0. The minimum absolute atomic E-state index is 1.10. The van der Waals surface area contributed by atoms with Crippen molar-refractivity contribution < 1.29 is 0 Å². The average molecular weight is 702 g/mol. The highest BCUT2D eigenvalue weighted by Crippen LogP contribution is 2.46. The maximum absolute atomic E-state index is 2.45. The van der Waals surface area contributed by atoms with Crippen LogP contribution in [0.15, 0.2) is 212 Å². The number of benzene rings is 9. The molecule has 2 aromatic heterocycles. The van der Waals surface area contributed by atoms with E-state index in [0.29, 0.717) is 0 Å². The highest BCUT2D eigenvalue weighted by atomic mass is 15.2. The van der Waals surface area contributed by atoms with Crippen LogP contribution in [0.3, 0.4) is 0 Å². The number of rotatable bonds is 6. The van der Waals surface area contributed by atoms with Crippen LogP contribution in [0.1, 0.15) is 0 Å². The predicted molar refractivity (Wildman–Crippen MR) is 233 cm³/mol. The molecule has 9 aromatic carbocycles. The van der Waals surface area contributed by atoms with E-state index in [9.17, 15) is 0 Å². The summed E-state index contributed by atoms with van der Waals surface area (Å²) in [7, 11) is 0. The zero-order valence-electron chi connectivity index (χ0n) is 30.0. The average Bonchev–Trinajstić information content (AvgIpc) is 3.77. The summed E-state index contributed by atoms with van der Waals surface area (Å²) < 4.78 is 4.82. The van der Waals surface area contributed by atoms with E-state index in [1.807, 2.05) is 0 Å². The fraction of sp³-hybridized carbons (Fsp3) is 0. The third kappa shape index (κ3) is 5.05. The second-order valence-corrected chi connectivity index (χ2v) is 14.2. The highest BCUT2D eigenvalue weighted by molar-refractivity contribution is 6.17. The normalized spacial score (nSPS) is 11.6. The van der Waals surface area contributed by atoms with Crippen molar-refractivity contribution in [1.82, 2.24) is 9.13 Å². The summed E-state index contributed by atoms with van der Waals surface area (Å²) in [6, 6.07) is 77.0. The lowest BCUT2D eigenvalue weighted by atomic mass is 10.1. The SMILES string of the molecule is c1ccc(-c2ccc(-n3c4ccccc4c4c(N(c5ccc6ccccc6c5)c5ccc6c7ccccc7n(-c7ccccc7)c6c5)cccc43)cc2)cc1. The smallest absolute Gasteiger partial charge is 0.0562 e. The molecular formula is C52H35N3. The fourth-order valence-corrected chi connectivity index (χ4v) is 8.59. The molecule has 0 spiro atoms. The molecule has 0 unspecified atom stereocenters. The molecule has 0 fully saturated rings. The Morgan fingerprint density at radius 3 is 1.65 bits per heavy atom. The zero-order chi connectivity index (χ0) is 36.3. The van der Waals surface area contributed by atoms with E-state index >= 15 is 0 Å². The first-order chi connectivity index (χ1) is 27.3. The Kier molecular flexibility index (Phi) is 7.17. The van der Waals surface area contributed by atoms with Gasteiger partial charge in [-0.3, -0.25) is 0 Å². The summed E-state index contributed by atoms with van der Waals surface area (Å²) >= 11 is 0. The fourth-order valence-electron chi connectivity index (χ4n) is 8.59. The molecule has 55 heavy (non-hydrogen) atoms. The maximum Gasteiger partial charge on any atom is 0.0562 e. The predicted octanol–water partition coefficient (Wildman–Crippen LogP) is 14.2. The summed E-state index contributed by atoms with van der Waals surface area (Å²) in [5.74, 6) is 0. The molecule has 0 aliphatic carbocycles. The van der Waals surface area contributed by atoms with Gasteiger partial charge in [0.05, 0.1) is 27.8 Å². The van der Waals surface area contributed by atoms with E-state index in [1.165, 1.54) is 60.0 Å². The Labute approximate surface area is 319 Å². The molecule has 0 saturated carbocycles. The van der Waals surface area contributed by atoms with Crippen LogP contribution in [-0.2, 0) is 0 Å². The molecule has 3 nitrogen and oxygen atoms in total. The van der Waals surface area contributed by atoms with E-state index in [-0.39, 0.29) is 0 Å². The molecule has 11 rings (SSSR count). The van der Waals surface area contributed by atoms with Crippen LogP contribution < -0.4 is 4.90 Å². The quantitative estimate of drug-likeness (QED) is 0.168.